The first kappa shape index (κ1) is 16.0. The Bertz CT molecular complexity index is 453. The van der Waals surface area contributed by atoms with E-state index in [4.69, 9.17) is 5.73 Å². The maximum absolute atomic E-state index is 12.3. The number of piperidine rings is 1. The Morgan fingerprint density at radius 1 is 1.38 bits per heavy atom. The van der Waals surface area contributed by atoms with Gasteiger partial charge in [-0.2, -0.15) is 0 Å². The van der Waals surface area contributed by atoms with Crippen LogP contribution in [0.1, 0.15) is 42.1 Å². The van der Waals surface area contributed by atoms with Crippen molar-refractivity contribution in [3.63, 3.8) is 0 Å². The van der Waals surface area contributed by atoms with Crippen LogP contribution in [0.25, 0.3) is 0 Å². The van der Waals surface area contributed by atoms with E-state index in [0.717, 1.165) is 43.5 Å². The Kier molecular flexibility index (Phi) is 6.21. The lowest BCUT2D eigenvalue weighted by molar-refractivity contribution is 0.0911. The van der Waals surface area contributed by atoms with Crippen molar-refractivity contribution in [3.05, 3.63) is 35.4 Å². The van der Waals surface area contributed by atoms with Crippen molar-refractivity contribution >= 4 is 5.91 Å². The van der Waals surface area contributed by atoms with Crippen LogP contribution in [0, 0.1) is 0 Å². The minimum Gasteiger partial charge on any atom is -0.349 e. The lowest BCUT2D eigenvalue weighted by Crippen LogP contribution is -2.44. The summed E-state index contributed by atoms with van der Waals surface area (Å²) in [4.78, 5) is 14.8. The molecular weight excluding hydrogens is 262 g/mol. The number of benzene rings is 1. The van der Waals surface area contributed by atoms with Crippen LogP contribution in [-0.4, -0.2) is 43.0 Å². The van der Waals surface area contributed by atoms with Gasteiger partial charge in [0.1, 0.15) is 0 Å². The summed E-state index contributed by atoms with van der Waals surface area (Å²) in [6.07, 6.45) is 4.12. The van der Waals surface area contributed by atoms with E-state index in [1.54, 1.807) is 0 Å². The molecule has 0 bridgehead atoms. The van der Waals surface area contributed by atoms with E-state index in [2.05, 4.69) is 17.1 Å². The normalized spacial score (nSPS) is 16.9. The van der Waals surface area contributed by atoms with E-state index in [-0.39, 0.29) is 5.91 Å². The third-order valence-corrected chi connectivity index (χ3v) is 4.08. The molecule has 1 aliphatic heterocycles. The van der Waals surface area contributed by atoms with E-state index in [1.807, 2.05) is 24.3 Å². The van der Waals surface area contributed by atoms with Crippen molar-refractivity contribution in [2.75, 3.05) is 26.2 Å². The second-order valence-corrected chi connectivity index (χ2v) is 5.83. The molecule has 1 aliphatic rings. The van der Waals surface area contributed by atoms with Crippen LogP contribution in [0.5, 0.6) is 0 Å². The Morgan fingerprint density at radius 2 is 2.14 bits per heavy atom. The van der Waals surface area contributed by atoms with Gasteiger partial charge in [0.25, 0.3) is 5.91 Å². The van der Waals surface area contributed by atoms with E-state index in [9.17, 15) is 4.79 Å². The molecule has 1 aromatic rings. The van der Waals surface area contributed by atoms with Crippen LogP contribution < -0.4 is 11.1 Å². The largest absolute Gasteiger partial charge is 0.349 e. The molecule has 116 valence electrons. The lowest BCUT2D eigenvalue weighted by Gasteiger charge is -2.32. The van der Waals surface area contributed by atoms with Crippen LogP contribution in [0.15, 0.2) is 24.3 Å². The van der Waals surface area contributed by atoms with Crippen molar-refractivity contribution in [2.45, 2.75) is 38.6 Å². The molecule has 0 spiro atoms. The predicted molar refractivity (Wildman–Crippen MR) is 86.4 cm³/mol. The summed E-state index contributed by atoms with van der Waals surface area (Å²) in [6, 6.07) is 8.09. The van der Waals surface area contributed by atoms with Gasteiger partial charge in [0.05, 0.1) is 0 Å². The molecule has 0 atom stereocenters. The molecule has 1 saturated heterocycles. The Balaban J connectivity index is 1.86. The Morgan fingerprint density at radius 3 is 2.81 bits per heavy atom. The van der Waals surface area contributed by atoms with Gasteiger partial charge < -0.3 is 16.0 Å². The molecule has 1 aromatic carbocycles. The molecule has 0 radical (unpaired) electrons. The average Bonchev–Trinajstić information content (AvgIpc) is 2.50. The van der Waals surface area contributed by atoms with Crippen molar-refractivity contribution < 1.29 is 4.79 Å². The van der Waals surface area contributed by atoms with Gasteiger partial charge in [-0.1, -0.05) is 19.1 Å². The molecule has 0 saturated carbocycles. The second-order valence-electron chi connectivity index (χ2n) is 5.83. The number of nitrogens with zero attached hydrogens (tertiary/aromatic N) is 1. The molecule has 1 fully saturated rings. The van der Waals surface area contributed by atoms with Gasteiger partial charge in [-0.25, -0.2) is 0 Å². The fourth-order valence-corrected chi connectivity index (χ4v) is 2.92. The summed E-state index contributed by atoms with van der Waals surface area (Å²) in [5.74, 6) is 0.0443. The highest BCUT2D eigenvalue weighted by atomic mass is 16.1. The quantitative estimate of drug-likeness (QED) is 0.839. The first-order valence-electron chi connectivity index (χ1n) is 8.05. The van der Waals surface area contributed by atoms with E-state index in [1.165, 1.54) is 13.0 Å². The maximum atomic E-state index is 12.3. The third kappa shape index (κ3) is 4.83. The van der Waals surface area contributed by atoms with Gasteiger partial charge in [0.15, 0.2) is 0 Å². The van der Waals surface area contributed by atoms with Gasteiger partial charge in [0.2, 0.25) is 0 Å². The number of carbonyl (C=O) groups is 1. The highest BCUT2D eigenvalue weighted by Crippen LogP contribution is 2.12. The fraction of sp³-hybridized carbons (Fsp3) is 0.588. The molecule has 0 aromatic heterocycles. The number of nitrogens with one attached hydrogen (secondary N) is 1. The van der Waals surface area contributed by atoms with Crippen LogP contribution in [-0.2, 0) is 6.42 Å². The first-order valence-corrected chi connectivity index (χ1v) is 8.05. The molecule has 3 N–H and O–H groups in total. The first-order chi connectivity index (χ1) is 10.2. The predicted octanol–water partition coefficient (Wildman–Crippen LogP) is 1.79. The third-order valence-electron chi connectivity index (χ3n) is 4.08. The summed E-state index contributed by atoms with van der Waals surface area (Å²) in [5, 5.41) is 3.17. The topological polar surface area (TPSA) is 58.4 Å². The standard InChI is InChI=1S/C17H27N3O/c1-2-10-20-11-7-16(8-12-20)19-17(21)15-5-3-4-14(13-15)6-9-18/h3-5,13,16H,2,6-12,18H2,1H3,(H,19,21). The van der Waals surface area contributed by atoms with Gasteiger partial charge in [-0.05, 0) is 56.5 Å². The molecule has 1 heterocycles. The number of amides is 1. The minimum atomic E-state index is 0.0443. The molecular formula is C17H27N3O. The second kappa shape index (κ2) is 8.15. The molecule has 21 heavy (non-hydrogen) atoms. The Labute approximate surface area is 127 Å². The van der Waals surface area contributed by atoms with Crippen molar-refractivity contribution in [2.24, 2.45) is 5.73 Å². The summed E-state index contributed by atoms with van der Waals surface area (Å²) < 4.78 is 0. The summed E-state index contributed by atoms with van der Waals surface area (Å²) in [7, 11) is 0. The molecule has 4 nitrogen and oxygen atoms in total. The number of hydrogen-bond acceptors (Lipinski definition) is 3. The van der Waals surface area contributed by atoms with E-state index in [0.29, 0.717) is 12.6 Å². The molecule has 0 aliphatic carbocycles. The monoisotopic (exact) mass is 289 g/mol. The molecule has 2 rings (SSSR count). The molecule has 4 heteroatoms. The van der Waals surface area contributed by atoms with Gasteiger partial charge >= 0.3 is 0 Å². The summed E-state index contributed by atoms with van der Waals surface area (Å²) >= 11 is 0. The fourth-order valence-electron chi connectivity index (χ4n) is 2.92. The number of likely N-dealkylation sites (tertiary alicyclic amines) is 1. The van der Waals surface area contributed by atoms with Gasteiger partial charge in [-0.3, -0.25) is 4.79 Å². The lowest BCUT2D eigenvalue weighted by atomic mass is 10.0. The van der Waals surface area contributed by atoms with Gasteiger partial charge in [-0.15, -0.1) is 0 Å². The van der Waals surface area contributed by atoms with Crippen LogP contribution in [0.3, 0.4) is 0 Å². The minimum absolute atomic E-state index is 0.0443. The SMILES string of the molecule is CCCN1CCC(NC(=O)c2cccc(CCN)c2)CC1. The van der Waals surface area contributed by atoms with Crippen molar-refractivity contribution in [1.29, 1.82) is 0 Å². The molecule has 0 unspecified atom stereocenters. The number of nitrogens with two attached hydrogens (primary N) is 1. The zero-order valence-corrected chi connectivity index (χ0v) is 13.0. The smallest absolute Gasteiger partial charge is 0.251 e. The maximum Gasteiger partial charge on any atom is 0.251 e. The highest BCUT2D eigenvalue weighted by Gasteiger charge is 2.20. The Hall–Kier alpha value is -1.39. The van der Waals surface area contributed by atoms with Crippen molar-refractivity contribution in [3.8, 4) is 0 Å². The summed E-state index contributed by atoms with van der Waals surface area (Å²) in [6.45, 7) is 6.17. The highest BCUT2D eigenvalue weighted by molar-refractivity contribution is 5.94. The van der Waals surface area contributed by atoms with Gasteiger partial charge in [0, 0.05) is 24.7 Å². The number of carbonyl (C=O) groups excluding carboxylic acids is 1. The number of rotatable bonds is 6. The molecule has 1 amide bonds. The van der Waals surface area contributed by atoms with E-state index < -0.39 is 0 Å². The zero-order chi connectivity index (χ0) is 15.1. The number of hydrogen-bond donors (Lipinski definition) is 2. The summed E-state index contributed by atoms with van der Waals surface area (Å²) in [5.41, 5.74) is 7.44. The van der Waals surface area contributed by atoms with Crippen LogP contribution in [0.2, 0.25) is 0 Å². The van der Waals surface area contributed by atoms with Crippen LogP contribution in [0.4, 0.5) is 0 Å². The van der Waals surface area contributed by atoms with Crippen LogP contribution >= 0.6 is 0 Å². The van der Waals surface area contributed by atoms with E-state index >= 15 is 0 Å². The average molecular weight is 289 g/mol. The zero-order valence-electron chi connectivity index (χ0n) is 13.0. The van der Waals surface area contributed by atoms with Crippen molar-refractivity contribution in [1.82, 2.24) is 10.2 Å².